The average Bonchev–Trinajstić information content (AvgIpc) is 2.82. The fraction of sp³-hybridized carbons (Fsp3) is 0.462. The largest absolute Gasteiger partial charge is 0.497 e. The number of rotatable bonds is 13. The molecule has 0 aliphatic rings. The molecule has 204 valence electrons. The van der Waals surface area contributed by atoms with E-state index >= 15 is 0 Å². The van der Waals surface area contributed by atoms with E-state index in [1.807, 2.05) is 26.8 Å². The number of ether oxygens (including phenoxy) is 1. The number of nitrogens with one attached hydrogen (secondary N) is 1. The Balaban J connectivity index is 2.25. The number of benzene rings is 2. The standard InChI is InChI=1S/C26H35F2N3O5S/c1-6-24(26(33)29-18(2)3)30(17-19-9-7-10-21(15-19)36-4)25(32)11-8-14-31(37(5,34)35)20-12-13-22(27)23(28)16-20/h7,9-10,12-13,15-16,18,24H,6,8,11,14,17H2,1-5H3,(H,29,33). The van der Waals surface area contributed by atoms with Gasteiger partial charge in [0, 0.05) is 31.6 Å². The van der Waals surface area contributed by atoms with Crippen molar-refractivity contribution in [3.05, 3.63) is 59.7 Å². The molecule has 0 heterocycles. The third-order valence-electron chi connectivity index (χ3n) is 5.65. The predicted molar refractivity (Wildman–Crippen MR) is 139 cm³/mol. The van der Waals surface area contributed by atoms with Crippen molar-refractivity contribution in [2.24, 2.45) is 0 Å². The molecule has 0 saturated carbocycles. The number of sulfonamides is 1. The van der Waals surface area contributed by atoms with Crippen LogP contribution < -0.4 is 14.4 Å². The molecule has 1 atom stereocenters. The smallest absolute Gasteiger partial charge is 0.243 e. The van der Waals surface area contributed by atoms with Crippen molar-refractivity contribution in [1.82, 2.24) is 10.2 Å². The Morgan fingerprint density at radius 3 is 2.35 bits per heavy atom. The van der Waals surface area contributed by atoms with E-state index in [0.29, 0.717) is 12.2 Å². The molecule has 2 rings (SSSR count). The maximum atomic E-state index is 13.7. The number of amides is 2. The number of hydrogen-bond donors (Lipinski definition) is 1. The first-order valence-corrected chi connectivity index (χ1v) is 13.9. The highest BCUT2D eigenvalue weighted by Gasteiger charge is 2.29. The summed E-state index contributed by atoms with van der Waals surface area (Å²) in [5.41, 5.74) is 0.730. The maximum Gasteiger partial charge on any atom is 0.243 e. The number of methoxy groups -OCH3 is 1. The summed E-state index contributed by atoms with van der Waals surface area (Å²) in [6, 6.07) is 9.13. The van der Waals surface area contributed by atoms with E-state index in [1.165, 1.54) is 18.1 Å². The summed E-state index contributed by atoms with van der Waals surface area (Å²) in [6.07, 6.45) is 1.36. The molecule has 0 fully saturated rings. The van der Waals surface area contributed by atoms with Crippen molar-refractivity contribution in [1.29, 1.82) is 0 Å². The van der Waals surface area contributed by atoms with Crippen molar-refractivity contribution in [3.63, 3.8) is 0 Å². The van der Waals surface area contributed by atoms with Gasteiger partial charge in [-0.15, -0.1) is 0 Å². The number of anilines is 1. The molecular weight excluding hydrogens is 504 g/mol. The molecule has 0 radical (unpaired) electrons. The van der Waals surface area contributed by atoms with Crippen LogP contribution in [0.1, 0.15) is 45.6 Å². The second-order valence-corrected chi connectivity index (χ2v) is 10.9. The molecule has 0 saturated heterocycles. The molecule has 0 aliphatic carbocycles. The summed E-state index contributed by atoms with van der Waals surface area (Å²) in [4.78, 5) is 27.8. The predicted octanol–water partition coefficient (Wildman–Crippen LogP) is 3.85. The minimum atomic E-state index is -3.83. The summed E-state index contributed by atoms with van der Waals surface area (Å²) in [7, 11) is -2.29. The van der Waals surface area contributed by atoms with Crippen molar-refractivity contribution in [2.45, 2.75) is 58.7 Å². The minimum Gasteiger partial charge on any atom is -0.497 e. The zero-order chi connectivity index (χ0) is 27.8. The monoisotopic (exact) mass is 539 g/mol. The lowest BCUT2D eigenvalue weighted by molar-refractivity contribution is -0.141. The molecule has 1 N–H and O–H groups in total. The van der Waals surface area contributed by atoms with Gasteiger partial charge in [-0.2, -0.15) is 0 Å². The molecule has 2 aromatic rings. The van der Waals surface area contributed by atoms with Crippen LogP contribution in [0.25, 0.3) is 0 Å². The number of carbonyl (C=O) groups excluding carboxylic acids is 2. The number of carbonyl (C=O) groups is 2. The van der Waals surface area contributed by atoms with E-state index in [9.17, 15) is 26.8 Å². The van der Waals surface area contributed by atoms with Crippen LogP contribution in [0.4, 0.5) is 14.5 Å². The van der Waals surface area contributed by atoms with Gasteiger partial charge < -0.3 is 15.0 Å². The first-order chi connectivity index (χ1) is 17.4. The van der Waals surface area contributed by atoms with Crippen LogP contribution in [0.5, 0.6) is 5.75 Å². The Hall–Kier alpha value is -3.21. The third kappa shape index (κ3) is 8.70. The van der Waals surface area contributed by atoms with Crippen LogP contribution in [0.15, 0.2) is 42.5 Å². The summed E-state index contributed by atoms with van der Waals surface area (Å²) < 4.78 is 58.0. The molecule has 37 heavy (non-hydrogen) atoms. The van der Waals surface area contributed by atoms with Crippen molar-refractivity contribution in [3.8, 4) is 5.75 Å². The van der Waals surface area contributed by atoms with Gasteiger partial charge >= 0.3 is 0 Å². The number of hydrogen-bond acceptors (Lipinski definition) is 5. The Morgan fingerprint density at radius 2 is 1.78 bits per heavy atom. The summed E-state index contributed by atoms with van der Waals surface area (Å²) in [6.45, 7) is 5.50. The SMILES string of the molecule is CCC(C(=O)NC(C)C)N(Cc1cccc(OC)c1)C(=O)CCCN(c1ccc(F)c(F)c1)S(C)(=O)=O. The molecule has 11 heteroatoms. The molecule has 0 aromatic heterocycles. The molecule has 0 bridgehead atoms. The number of halogens is 2. The van der Waals surface area contributed by atoms with Gasteiger partial charge in [-0.3, -0.25) is 13.9 Å². The minimum absolute atomic E-state index is 0.0372. The van der Waals surface area contributed by atoms with E-state index < -0.39 is 27.7 Å². The summed E-state index contributed by atoms with van der Waals surface area (Å²) in [5, 5.41) is 2.85. The number of nitrogens with zero attached hydrogens (tertiary/aromatic N) is 2. The Kier molecular flexibility index (Phi) is 10.8. The third-order valence-corrected chi connectivity index (χ3v) is 6.84. The first-order valence-electron chi connectivity index (χ1n) is 12.0. The van der Waals surface area contributed by atoms with Gasteiger partial charge in [0.1, 0.15) is 11.8 Å². The van der Waals surface area contributed by atoms with E-state index in [0.717, 1.165) is 28.3 Å². The molecular formula is C26H35F2N3O5S. The van der Waals surface area contributed by atoms with E-state index in [-0.39, 0.29) is 49.5 Å². The second kappa shape index (κ2) is 13.4. The lowest BCUT2D eigenvalue weighted by Gasteiger charge is -2.31. The summed E-state index contributed by atoms with van der Waals surface area (Å²) in [5.74, 6) is -2.28. The van der Waals surface area contributed by atoms with Crippen LogP contribution in [-0.4, -0.2) is 57.1 Å². The van der Waals surface area contributed by atoms with Gasteiger partial charge in [0.05, 0.1) is 19.1 Å². The van der Waals surface area contributed by atoms with Crippen LogP contribution in [0.2, 0.25) is 0 Å². The van der Waals surface area contributed by atoms with Gasteiger partial charge in [-0.25, -0.2) is 17.2 Å². The second-order valence-electron chi connectivity index (χ2n) is 9.00. The van der Waals surface area contributed by atoms with Crippen molar-refractivity contribution in [2.75, 3.05) is 24.2 Å². The van der Waals surface area contributed by atoms with E-state index in [2.05, 4.69) is 5.32 Å². The highest BCUT2D eigenvalue weighted by molar-refractivity contribution is 7.92. The zero-order valence-electron chi connectivity index (χ0n) is 21.8. The highest BCUT2D eigenvalue weighted by Crippen LogP contribution is 2.22. The van der Waals surface area contributed by atoms with Crippen LogP contribution >= 0.6 is 0 Å². The first kappa shape index (κ1) is 30.0. The fourth-order valence-electron chi connectivity index (χ4n) is 3.91. The highest BCUT2D eigenvalue weighted by atomic mass is 32.2. The molecule has 8 nitrogen and oxygen atoms in total. The van der Waals surface area contributed by atoms with Gasteiger partial charge in [0.25, 0.3) is 0 Å². The molecule has 1 unspecified atom stereocenters. The topological polar surface area (TPSA) is 96.0 Å². The Morgan fingerprint density at radius 1 is 1.08 bits per heavy atom. The molecule has 2 aromatic carbocycles. The van der Waals surface area contributed by atoms with E-state index in [4.69, 9.17) is 4.74 Å². The van der Waals surface area contributed by atoms with Crippen LogP contribution in [-0.2, 0) is 26.2 Å². The van der Waals surface area contributed by atoms with Gasteiger partial charge in [-0.1, -0.05) is 19.1 Å². The lowest BCUT2D eigenvalue weighted by Crippen LogP contribution is -2.50. The normalized spacial score (nSPS) is 12.2. The molecule has 2 amide bonds. The molecule has 0 aliphatic heterocycles. The van der Waals surface area contributed by atoms with Crippen molar-refractivity contribution >= 4 is 27.5 Å². The fourth-order valence-corrected chi connectivity index (χ4v) is 4.87. The van der Waals surface area contributed by atoms with Crippen molar-refractivity contribution < 1.29 is 31.5 Å². The van der Waals surface area contributed by atoms with Gasteiger partial charge in [-0.05, 0) is 56.5 Å². The quantitative estimate of drug-likeness (QED) is 0.417. The van der Waals surface area contributed by atoms with E-state index in [1.54, 1.807) is 18.2 Å². The molecule has 0 spiro atoms. The van der Waals surface area contributed by atoms with Crippen LogP contribution in [0.3, 0.4) is 0 Å². The van der Waals surface area contributed by atoms with Gasteiger partial charge in [0.2, 0.25) is 21.8 Å². The lowest BCUT2D eigenvalue weighted by atomic mass is 10.1. The maximum absolute atomic E-state index is 13.7. The Bertz CT molecular complexity index is 1190. The summed E-state index contributed by atoms with van der Waals surface area (Å²) >= 11 is 0. The zero-order valence-corrected chi connectivity index (χ0v) is 22.6. The Labute approximate surface area is 217 Å². The van der Waals surface area contributed by atoms with Crippen LogP contribution in [0, 0.1) is 11.6 Å². The average molecular weight is 540 g/mol. The van der Waals surface area contributed by atoms with Gasteiger partial charge in [0.15, 0.2) is 11.6 Å².